The Bertz CT molecular complexity index is 732. The van der Waals surface area contributed by atoms with E-state index >= 15 is 0 Å². The van der Waals surface area contributed by atoms with Crippen molar-refractivity contribution in [3.8, 4) is 0 Å². The number of rotatable bonds is 6. The van der Waals surface area contributed by atoms with Crippen molar-refractivity contribution < 1.29 is 4.39 Å². The lowest BCUT2D eigenvalue weighted by atomic mass is 9.83. The lowest BCUT2D eigenvalue weighted by Crippen LogP contribution is -2.36. The van der Waals surface area contributed by atoms with Crippen molar-refractivity contribution in [2.24, 2.45) is 5.73 Å². The zero-order chi connectivity index (χ0) is 17.7. The summed E-state index contributed by atoms with van der Waals surface area (Å²) in [4.78, 5) is 0. The largest absolute Gasteiger partial charge is 0.362 e. The van der Waals surface area contributed by atoms with E-state index in [1.807, 2.05) is 39.0 Å². The van der Waals surface area contributed by atoms with Crippen molar-refractivity contribution in [2.45, 2.75) is 32.7 Å². The highest BCUT2D eigenvalue weighted by atomic mass is 19.1. The predicted octanol–water partition coefficient (Wildman–Crippen LogP) is 4.62. The average molecular weight is 324 g/mol. The summed E-state index contributed by atoms with van der Waals surface area (Å²) in [6.45, 7) is 10.1. The molecule has 0 aromatic heterocycles. The van der Waals surface area contributed by atoms with Crippen LogP contribution in [-0.4, -0.2) is 6.04 Å². The summed E-state index contributed by atoms with van der Waals surface area (Å²) in [5.41, 5.74) is 11.5. The number of nitrogens with two attached hydrogens (primary N) is 1. The second-order valence-corrected chi connectivity index (χ2v) is 6.09. The second-order valence-electron chi connectivity index (χ2n) is 6.09. The van der Waals surface area contributed by atoms with Crippen LogP contribution in [0.15, 0.2) is 72.6 Å². The molecule has 0 aliphatic heterocycles. The van der Waals surface area contributed by atoms with Crippen LogP contribution in [0.5, 0.6) is 0 Å². The second kappa shape index (κ2) is 7.93. The Morgan fingerprint density at radius 3 is 2.42 bits per heavy atom. The van der Waals surface area contributed by atoms with Crippen LogP contribution in [0, 0.1) is 12.7 Å². The number of nitrogens with one attached hydrogen (secondary N) is 1. The number of aryl methyl sites for hydroxylation is 1. The Morgan fingerprint density at radius 2 is 1.83 bits per heavy atom. The van der Waals surface area contributed by atoms with Crippen LogP contribution in [0.25, 0.3) is 0 Å². The molecule has 0 aliphatic carbocycles. The van der Waals surface area contributed by atoms with Crippen molar-refractivity contribution >= 4 is 0 Å². The molecule has 0 saturated heterocycles. The topological polar surface area (TPSA) is 38.0 Å². The molecular formula is C21H25FN2. The van der Waals surface area contributed by atoms with Crippen LogP contribution in [0.3, 0.4) is 0 Å². The molecule has 2 aromatic carbocycles. The van der Waals surface area contributed by atoms with Gasteiger partial charge in [-0.2, -0.15) is 0 Å². The molecule has 2 rings (SSSR count). The monoisotopic (exact) mass is 324 g/mol. The van der Waals surface area contributed by atoms with Gasteiger partial charge in [0, 0.05) is 17.3 Å². The molecular weight excluding hydrogens is 299 g/mol. The van der Waals surface area contributed by atoms with E-state index < -0.39 is 0 Å². The number of allylic oxidation sites excluding steroid dienone is 2. The van der Waals surface area contributed by atoms with E-state index in [1.165, 1.54) is 12.1 Å². The molecule has 2 nitrogen and oxygen atoms in total. The highest BCUT2D eigenvalue weighted by Crippen LogP contribution is 2.30. The zero-order valence-electron chi connectivity index (χ0n) is 14.5. The van der Waals surface area contributed by atoms with Gasteiger partial charge in [0.15, 0.2) is 0 Å². The summed E-state index contributed by atoms with van der Waals surface area (Å²) in [6, 6.07) is 14.4. The van der Waals surface area contributed by atoms with Crippen LogP contribution in [0.1, 0.15) is 36.5 Å². The number of benzene rings is 2. The summed E-state index contributed by atoms with van der Waals surface area (Å²) in [6.07, 6.45) is 1.97. The van der Waals surface area contributed by atoms with Crippen LogP contribution >= 0.6 is 0 Å². The summed E-state index contributed by atoms with van der Waals surface area (Å²) in [5, 5.41) is 3.24. The molecule has 0 spiro atoms. The lowest BCUT2D eigenvalue weighted by molar-refractivity contribution is 0.616. The van der Waals surface area contributed by atoms with Gasteiger partial charge in [-0.1, -0.05) is 54.6 Å². The molecule has 0 aliphatic rings. The Hall–Kier alpha value is -2.39. The zero-order valence-corrected chi connectivity index (χ0v) is 14.5. The van der Waals surface area contributed by atoms with E-state index in [-0.39, 0.29) is 17.8 Å². The molecule has 0 radical (unpaired) electrons. The molecule has 2 aromatic rings. The molecule has 0 heterocycles. The smallest absolute Gasteiger partial charge is 0.123 e. The van der Waals surface area contributed by atoms with Crippen molar-refractivity contribution in [2.75, 3.05) is 0 Å². The highest BCUT2D eigenvalue weighted by Gasteiger charge is 2.24. The van der Waals surface area contributed by atoms with Crippen LogP contribution in [0.4, 0.5) is 4.39 Å². The fraction of sp³-hybridized carbons (Fsp3) is 0.238. The Kier molecular flexibility index (Phi) is 5.93. The summed E-state index contributed by atoms with van der Waals surface area (Å²) in [5.74, 6) is -0.354. The maximum Gasteiger partial charge on any atom is 0.123 e. The molecule has 0 unspecified atom stereocenters. The van der Waals surface area contributed by atoms with Crippen molar-refractivity contribution in [1.29, 1.82) is 0 Å². The van der Waals surface area contributed by atoms with Crippen molar-refractivity contribution in [1.82, 2.24) is 5.32 Å². The third-order valence-corrected chi connectivity index (χ3v) is 4.18. The van der Waals surface area contributed by atoms with Gasteiger partial charge >= 0.3 is 0 Å². The van der Waals surface area contributed by atoms with Crippen molar-refractivity contribution in [3.63, 3.8) is 0 Å². The normalized spacial score (nSPS) is 14.1. The highest BCUT2D eigenvalue weighted by molar-refractivity contribution is 5.39. The molecule has 2 atom stereocenters. The number of hydrogen-bond acceptors (Lipinski definition) is 2. The van der Waals surface area contributed by atoms with Gasteiger partial charge in [-0.25, -0.2) is 4.39 Å². The average Bonchev–Trinajstić information content (AvgIpc) is 2.56. The molecule has 0 amide bonds. The third-order valence-electron chi connectivity index (χ3n) is 4.18. The standard InChI is InChI=1S/C21H25FN2/c1-5-15(3)24-16(4)21(23)20(17-9-11-19(22)12-10-17)18-8-6-7-14(2)13-18/h5-13,20-21,24H,4,23H2,1-3H3/b15-5-/t20-,21+/m0/s1. The molecule has 0 fully saturated rings. The van der Waals surface area contributed by atoms with E-state index in [9.17, 15) is 4.39 Å². The van der Waals surface area contributed by atoms with Gasteiger partial charge in [-0.3, -0.25) is 0 Å². The minimum absolute atomic E-state index is 0.102. The third kappa shape index (κ3) is 4.33. The van der Waals surface area contributed by atoms with Crippen LogP contribution in [-0.2, 0) is 0 Å². The fourth-order valence-electron chi connectivity index (χ4n) is 2.75. The Morgan fingerprint density at radius 1 is 1.17 bits per heavy atom. The first-order valence-electron chi connectivity index (χ1n) is 8.08. The first-order chi connectivity index (χ1) is 11.4. The van der Waals surface area contributed by atoms with Gasteiger partial charge in [0.25, 0.3) is 0 Å². The van der Waals surface area contributed by atoms with Crippen molar-refractivity contribution in [3.05, 3.63) is 95.1 Å². The van der Waals surface area contributed by atoms with Crippen LogP contribution in [0.2, 0.25) is 0 Å². The fourth-order valence-corrected chi connectivity index (χ4v) is 2.75. The summed E-state index contributed by atoms with van der Waals surface area (Å²) in [7, 11) is 0. The first-order valence-corrected chi connectivity index (χ1v) is 8.08. The number of halogens is 1. The molecule has 0 bridgehead atoms. The van der Waals surface area contributed by atoms with Gasteiger partial charge in [0.2, 0.25) is 0 Å². The van der Waals surface area contributed by atoms with E-state index in [0.29, 0.717) is 0 Å². The Labute approximate surface area is 143 Å². The maximum atomic E-state index is 13.3. The maximum absolute atomic E-state index is 13.3. The Balaban J connectivity index is 2.42. The van der Waals surface area contributed by atoms with E-state index in [2.05, 4.69) is 24.0 Å². The molecule has 0 saturated carbocycles. The van der Waals surface area contributed by atoms with Gasteiger partial charge in [-0.15, -0.1) is 0 Å². The van der Waals surface area contributed by atoms with Gasteiger partial charge in [0.05, 0.1) is 6.04 Å². The summed E-state index contributed by atoms with van der Waals surface area (Å²) < 4.78 is 13.3. The predicted molar refractivity (Wildman–Crippen MR) is 99.1 cm³/mol. The molecule has 126 valence electrons. The molecule has 24 heavy (non-hydrogen) atoms. The SMILES string of the molecule is C=C(N/C(C)=C\C)[C@@H](N)[C@@H](c1ccc(F)cc1)c1cccc(C)c1. The van der Waals surface area contributed by atoms with Crippen LogP contribution < -0.4 is 11.1 Å². The minimum Gasteiger partial charge on any atom is -0.362 e. The molecule has 3 N–H and O–H groups in total. The van der Waals surface area contributed by atoms with Gasteiger partial charge in [-0.05, 0) is 44.0 Å². The van der Waals surface area contributed by atoms with Gasteiger partial charge < -0.3 is 11.1 Å². The van der Waals surface area contributed by atoms with E-state index in [0.717, 1.165) is 28.1 Å². The molecule has 3 heteroatoms. The van der Waals surface area contributed by atoms with E-state index in [4.69, 9.17) is 5.73 Å². The van der Waals surface area contributed by atoms with Gasteiger partial charge in [0.1, 0.15) is 5.82 Å². The quantitative estimate of drug-likeness (QED) is 0.813. The van der Waals surface area contributed by atoms with E-state index in [1.54, 1.807) is 12.1 Å². The first kappa shape index (κ1) is 18.0. The lowest BCUT2D eigenvalue weighted by Gasteiger charge is -2.28. The minimum atomic E-state index is -0.341. The summed E-state index contributed by atoms with van der Waals surface area (Å²) >= 11 is 0. The number of hydrogen-bond donors (Lipinski definition) is 2.